The Balaban J connectivity index is 1.84. The predicted octanol–water partition coefficient (Wildman–Crippen LogP) is 3.62. The van der Waals surface area contributed by atoms with Crippen LogP contribution in [0.1, 0.15) is 31.4 Å². The van der Waals surface area contributed by atoms with Crippen LogP contribution in [0, 0.1) is 11.7 Å². The Morgan fingerprint density at radius 1 is 1.35 bits per heavy atom. The average Bonchev–Trinajstić information content (AvgIpc) is 2.38. The van der Waals surface area contributed by atoms with Crippen molar-refractivity contribution >= 4 is 11.8 Å². The van der Waals surface area contributed by atoms with Crippen molar-refractivity contribution < 1.29 is 4.39 Å². The fourth-order valence-corrected chi connectivity index (χ4v) is 3.43. The Morgan fingerprint density at radius 2 is 2.06 bits per heavy atom. The van der Waals surface area contributed by atoms with Crippen LogP contribution < -0.4 is 5.32 Å². The van der Waals surface area contributed by atoms with E-state index in [1.807, 2.05) is 30.8 Å². The first kappa shape index (κ1) is 12.9. The van der Waals surface area contributed by atoms with E-state index in [0.29, 0.717) is 0 Å². The number of nitrogens with one attached hydrogen (secondary N) is 1. The summed E-state index contributed by atoms with van der Waals surface area (Å²) in [6.07, 6.45) is 2.59. The summed E-state index contributed by atoms with van der Waals surface area (Å²) in [7, 11) is 0. The van der Waals surface area contributed by atoms with E-state index in [9.17, 15) is 4.39 Å². The van der Waals surface area contributed by atoms with Gasteiger partial charge in [-0.2, -0.15) is 11.8 Å². The van der Waals surface area contributed by atoms with Crippen LogP contribution in [0.3, 0.4) is 0 Å². The second-order valence-electron chi connectivity index (χ2n) is 4.71. The molecule has 1 aliphatic rings. The fraction of sp³-hybridized carbons (Fsp3) is 0.571. The van der Waals surface area contributed by atoms with E-state index in [1.54, 1.807) is 6.07 Å². The van der Waals surface area contributed by atoms with Gasteiger partial charge in [0.1, 0.15) is 5.82 Å². The second kappa shape index (κ2) is 6.41. The molecule has 1 N–H and O–H groups in total. The normalized spacial score (nSPS) is 19.2. The summed E-state index contributed by atoms with van der Waals surface area (Å²) in [5.74, 6) is 3.22. The van der Waals surface area contributed by atoms with E-state index in [-0.39, 0.29) is 11.9 Å². The number of hydrogen-bond donors (Lipinski definition) is 1. The van der Waals surface area contributed by atoms with Crippen LogP contribution in [0.15, 0.2) is 24.3 Å². The molecule has 2 rings (SSSR count). The summed E-state index contributed by atoms with van der Waals surface area (Å²) in [6.45, 7) is 3.05. The lowest BCUT2D eigenvalue weighted by Crippen LogP contribution is -2.28. The van der Waals surface area contributed by atoms with Crippen LogP contribution in [-0.4, -0.2) is 18.1 Å². The third kappa shape index (κ3) is 3.71. The van der Waals surface area contributed by atoms with Crippen molar-refractivity contribution in [3.63, 3.8) is 0 Å². The van der Waals surface area contributed by atoms with E-state index < -0.39 is 0 Å². The molecule has 94 valence electrons. The molecule has 1 heterocycles. The fourth-order valence-electron chi connectivity index (χ4n) is 2.23. The summed E-state index contributed by atoms with van der Waals surface area (Å²) in [6, 6.07) is 7.14. The zero-order chi connectivity index (χ0) is 12.1. The Bertz CT molecular complexity index is 350. The van der Waals surface area contributed by atoms with E-state index in [0.717, 1.165) is 18.0 Å². The minimum atomic E-state index is -0.105. The third-order valence-corrected chi connectivity index (χ3v) is 4.47. The van der Waals surface area contributed by atoms with Gasteiger partial charge in [-0.15, -0.1) is 0 Å². The van der Waals surface area contributed by atoms with Gasteiger partial charge in [0.05, 0.1) is 0 Å². The van der Waals surface area contributed by atoms with Crippen LogP contribution in [0.5, 0.6) is 0 Å². The SMILES string of the molecule is CC(NCC1CCSCC1)c1ccccc1F. The lowest BCUT2D eigenvalue weighted by molar-refractivity contribution is 0.415. The van der Waals surface area contributed by atoms with Crippen LogP contribution in [0.25, 0.3) is 0 Å². The second-order valence-corrected chi connectivity index (χ2v) is 5.93. The van der Waals surface area contributed by atoms with Gasteiger partial charge >= 0.3 is 0 Å². The molecule has 1 saturated heterocycles. The van der Waals surface area contributed by atoms with E-state index in [4.69, 9.17) is 0 Å². The molecule has 0 aliphatic carbocycles. The number of thioether (sulfide) groups is 1. The minimum absolute atomic E-state index is 0.103. The number of hydrogen-bond acceptors (Lipinski definition) is 2. The van der Waals surface area contributed by atoms with Crippen molar-refractivity contribution in [2.24, 2.45) is 5.92 Å². The topological polar surface area (TPSA) is 12.0 Å². The lowest BCUT2D eigenvalue weighted by atomic mass is 10.0. The molecular formula is C14H20FNS. The molecule has 0 spiro atoms. The van der Waals surface area contributed by atoms with E-state index in [2.05, 4.69) is 5.32 Å². The van der Waals surface area contributed by atoms with Crippen molar-refractivity contribution in [3.05, 3.63) is 35.6 Å². The Kier molecular flexibility index (Phi) is 4.86. The molecule has 1 aromatic rings. The first-order valence-corrected chi connectivity index (χ1v) is 7.48. The Hall–Kier alpha value is -0.540. The highest BCUT2D eigenvalue weighted by molar-refractivity contribution is 7.99. The number of halogens is 1. The lowest BCUT2D eigenvalue weighted by Gasteiger charge is -2.24. The maximum Gasteiger partial charge on any atom is 0.127 e. The molecule has 0 aromatic heterocycles. The maximum atomic E-state index is 13.6. The van der Waals surface area contributed by atoms with Crippen molar-refractivity contribution in [2.45, 2.75) is 25.8 Å². The molecule has 1 atom stereocenters. The predicted molar refractivity (Wildman–Crippen MR) is 72.9 cm³/mol. The van der Waals surface area contributed by atoms with E-state index in [1.165, 1.54) is 30.4 Å². The van der Waals surface area contributed by atoms with Gasteiger partial charge in [-0.3, -0.25) is 0 Å². The summed E-state index contributed by atoms with van der Waals surface area (Å²) in [4.78, 5) is 0. The monoisotopic (exact) mass is 253 g/mol. The van der Waals surface area contributed by atoms with Crippen molar-refractivity contribution in [3.8, 4) is 0 Å². The Labute approximate surface area is 107 Å². The summed E-state index contributed by atoms with van der Waals surface area (Å²) < 4.78 is 13.6. The molecule has 0 bridgehead atoms. The van der Waals surface area contributed by atoms with Crippen LogP contribution in [0.4, 0.5) is 4.39 Å². The van der Waals surface area contributed by atoms with Crippen molar-refractivity contribution in [2.75, 3.05) is 18.1 Å². The van der Waals surface area contributed by atoms with Gasteiger partial charge in [0.25, 0.3) is 0 Å². The maximum absolute atomic E-state index is 13.6. The van der Waals surface area contributed by atoms with Gasteiger partial charge in [0.2, 0.25) is 0 Å². The summed E-state index contributed by atoms with van der Waals surface area (Å²) in [5.41, 5.74) is 0.776. The van der Waals surface area contributed by atoms with Crippen LogP contribution in [0.2, 0.25) is 0 Å². The smallest absolute Gasteiger partial charge is 0.127 e. The summed E-state index contributed by atoms with van der Waals surface area (Å²) in [5, 5.41) is 3.46. The van der Waals surface area contributed by atoms with Crippen molar-refractivity contribution in [1.29, 1.82) is 0 Å². The highest BCUT2D eigenvalue weighted by atomic mass is 32.2. The van der Waals surface area contributed by atoms with Gasteiger partial charge in [-0.25, -0.2) is 4.39 Å². The molecular weight excluding hydrogens is 233 g/mol. The summed E-state index contributed by atoms with van der Waals surface area (Å²) >= 11 is 2.04. The van der Waals surface area contributed by atoms with Gasteiger partial charge in [0, 0.05) is 11.6 Å². The molecule has 0 radical (unpaired) electrons. The largest absolute Gasteiger partial charge is 0.310 e. The van der Waals surface area contributed by atoms with E-state index >= 15 is 0 Å². The molecule has 1 nitrogen and oxygen atoms in total. The van der Waals surface area contributed by atoms with Crippen LogP contribution >= 0.6 is 11.8 Å². The van der Waals surface area contributed by atoms with Crippen molar-refractivity contribution in [1.82, 2.24) is 5.32 Å². The molecule has 1 unspecified atom stereocenters. The van der Waals surface area contributed by atoms with Gasteiger partial charge in [-0.1, -0.05) is 18.2 Å². The zero-order valence-corrected chi connectivity index (χ0v) is 11.1. The molecule has 1 aliphatic heterocycles. The van der Waals surface area contributed by atoms with Gasteiger partial charge in [-0.05, 0) is 49.8 Å². The molecule has 0 saturated carbocycles. The first-order chi connectivity index (χ1) is 8.27. The average molecular weight is 253 g/mol. The minimum Gasteiger partial charge on any atom is -0.310 e. The third-order valence-electron chi connectivity index (χ3n) is 3.43. The molecule has 1 fully saturated rings. The van der Waals surface area contributed by atoms with Crippen LogP contribution in [-0.2, 0) is 0 Å². The highest BCUT2D eigenvalue weighted by Gasteiger charge is 2.15. The standard InChI is InChI=1S/C14H20FNS/c1-11(13-4-2-3-5-14(13)15)16-10-12-6-8-17-9-7-12/h2-5,11-12,16H,6-10H2,1H3. The highest BCUT2D eigenvalue weighted by Crippen LogP contribution is 2.23. The molecule has 17 heavy (non-hydrogen) atoms. The molecule has 3 heteroatoms. The number of benzene rings is 1. The molecule has 1 aromatic carbocycles. The first-order valence-electron chi connectivity index (χ1n) is 6.33. The molecule has 0 amide bonds. The van der Waals surface area contributed by atoms with Gasteiger partial charge in [0.15, 0.2) is 0 Å². The number of rotatable bonds is 4. The quantitative estimate of drug-likeness (QED) is 0.879. The van der Waals surface area contributed by atoms with Gasteiger partial charge < -0.3 is 5.32 Å². The Morgan fingerprint density at radius 3 is 2.76 bits per heavy atom. The zero-order valence-electron chi connectivity index (χ0n) is 10.3.